The summed E-state index contributed by atoms with van der Waals surface area (Å²) in [5.74, 6) is 1.62. The molecule has 460 valence electrons. The first-order valence-corrected chi connectivity index (χ1v) is 30.6. The molecule has 0 unspecified atom stereocenters. The summed E-state index contributed by atoms with van der Waals surface area (Å²) in [6.07, 6.45) is 22.5. The van der Waals surface area contributed by atoms with Gasteiger partial charge in [-0.1, -0.05) is 101 Å². The monoisotopic (exact) mass is 1230 g/mol. The number of benzene rings is 6. The lowest BCUT2D eigenvalue weighted by molar-refractivity contribution is 0.332. The van der Waals surface area contributed by atoms with Gasteiger partial charge in [0.25, 0.3) is 11.4 Å². The van der Waals surface area contributed by atoms with E-state index in [2.05, 4.69) is 89.6 Å². The molecule has 0 N–H and O–H groups in total. The molecule has 2 aromatic heterocycles. The third kappa shape index (κ3) is 14.0. The number of ether oxygens (including phenoxy) is 2. The van der Waals surface area contributed by atoms with Gasteiger partial charge < -0.3 is 37.8 Å². The predicted octanol–water partition coefficient (Wildman–Crippen LogP) is 17.3. The Morgan fingerprint density at radius 1 is 0.543 bits per heavy atom. The first-order valence-electron chi connectivity index (χ1n) is 30.6. The highest BCUT2D eigenvalue weighted by Gasteiger charge is 2.42. The molecule has 4 aliphatic rings. The van der Waals surface area contributed by atoms with Crippen LogP contribution in [0.4, 0.5) is 34.1 Å². The number of fused-ring (bicyclic) bond motifs is 3. The van der Waals surface area contributed by atoms with E-state index in [1.807, 2.05) is 140 Å². The second kappa shape index (κ2) is 27.2. The largest absolute Gasteiger partial charge is 0.457 e. The average Bonchev–Trinajstić information content (AvgIpc) is 0.714. The quantitative estimate of drug-likeness (QED) is 0.0468. The first-order chi connectivity index (χ1) is 45.3. The maximum atomic E-state index is 13.4. The van der Waals surface area contributed by atoms with Crippen LogP contribution in [0.3, 0.4) is 0 Å². The van der Waals surface area contributed by atoms with E-state index in [1.165, 1.54) is 16.1 Å². The highest BCUT2D eigenvalue weighted by molar-refractivity contribution is 6.17. The molecule has 0 spiro atoms. The van der Waals surface area contributed by atoms with E-state index in [9.17, 15) is 20.1 Å². The topological polar surface area (TPSA) is 148 Å². The van der Waals surface area contributed by atoms with Crippen molar-refractivity contribution in [3.8, 4) is 12.1 Å². The van der Waals surface area contributed by atoms with Gasteiger partial charge in [0.05, 0.1) is 36.4 Å². The first kappa shape index (κ1) is 63.5. The van der Waals surface area contributed by atoms with E-state index < -0.39 is 11.3 Å². The van der Waals surface area contributed by atoms with Crippen LogP contribution in [0.5, 0.6) is 0 Å². The van der Waals surface area contributed by atoms with Gasteiger partial charge >= 0.3 is 11.3 Å². The van der Waals surface area contributed by atoms with E-state index in [0.717, 1.165) is 81.8 Å². The maximum absolute atomic E-state index is 13.4. The third-order valence-electron chi connectivity index (χ3n) is 16.9. The lowest BCUT2D eigenvalue weighted by Crippen LogP contribution is -2.44. The lowest BCUT2D eigenvalue weighted by atomic mass is 9.69. The Balaban J connectivity index is 0.000000192. The Kier molecular flexibility index (Phi) is 18.4. The molecule has 0 saturated heterocycles. The van der Waals surface area contributed by atoms with Gasteiger partial charge in [0.2, 0.25) is 7.98 Å². The second-order valence-electron chi connectivity index (χ2n) is 24.5. The van der Waals surface area contributed by atoms with Crippen molar-refractivity contribution in [2.24, 2.45) is 0 Å². The summed E-state index contributed by atoms with van der Waals surface area (Å²) in [6.45, 7) is 26.0. The van der Waals surface area contributed by atoms with Crippen LogP contribution in [0, 0.1) is 35.8 Å². The molecule has 2 radical (unpaired) electrons. The summed E-state index contributed by atoms with van der Waals surface area (Å²) < 4.78 is 23.9. The molecule has 14 nitrogen and oxygen atoms in total. The van der Waals surface area contributed by atoms with Crippen LogP contribution in [0.15, 0.2) is 258 Å². The zero-order valence-corrected chi connectivity index (χ0v) is 53.2. The highest BCUT2D eigenvalue weighted by atomic mass is 16.5. The molecule has 0 amide bonds. The van der Waals surface area contributed by atoms with Gasteiger partial charge in [-0.3, -0.25) is 0 Å². The van der Waals surface area contributed by atoms with Gasteiger partial charge in [-0.05, 0) is 198 Å². The van der Waals surface area contributed by atoms with Crippen molar-refractivity contribution in [3.63, 3.8) is 0 Å². The minimum absolute atomic E-state index is 0.00176. The number of hydrogen-bond donors (Lipinski definition) is 0. The summed E-state index contributed by atoms with van der Waals surface area (Å²) >= 11 is 0. The number of rotatable bonds is 13. The lowest BCUT2D eigenvalue weighted by Gasteiger charge is -2.48. The SMILES string of the molecule is [B]N(C)c1ccc(/C=C/C2=CC(=C(/C#N)[N+]#[C-])/C=C(/C=C/c3cc4cc5c6c(c4oc3=O)C(C)(C)CCN6CCC5(C)C)O2)cc1.[C-]#[N+]/C(C#N)=C1C=C(/C=C/c2ccc(N(c3ccccc3)c3ccccc3)cc2)OC(/C=C/c2cc3ccc(N(C)C)cc3oc2=O)=C\1. The van der Waals surface area contributed by atoms with Crippen molar-refractivity contribution in [1.82, 2.24) is 0 Å². The fourth-order valence-electron chi connectivity index (χ4n) is 11.6. The molecule has 12 rings (SSSR count). The van der Waals surface area contributed by atoms with Crippen LogP contribution >= 0.6 is 0 Å². The fraction of sp³-hybridized carbons (Fsp3) is 0.165. The van der Waals surface area contributed by atoms with Gasteiger partial charge in [0.1, 0.15) is 34.2 Å². The molecule has 0 fully saturated rings. The molecular formula is C79H65BN8O6. The zero-order valence-electron chi connectivity index (χ0n) is 53.2. The number of anilines is 6. The van der Waals surface area contributed by atoms with Crippen molar-refractivity contribution < 1.29 is 18.3 Å². The van der Waals surface area contributed by atoms with E-state index >= 15 is 0 Å². The molecule has 4 aliphatic heterocycles. The molecule has 0 saturated carbocycles. The van der Waals surface area contributed by atoms with Gasteiger partial charge in [0.15, 0.2) is 0 Å². The van der Waals surface area contributed by atoms with Gasteiger partial charge in [-0.25, -0.2) is 29.8 Å². The van der Waals surface area contributed by atoms with Crippen molar-refractivity contribution in [1.29, 1.82) is 10.5 Å². The number of hydrogen-bond acceptors (Lipinski definition) is 12. The molecule has 6 aromatic carbocycles. The minimum atomic E-state index is -0.488. The van der Waals surface area contributed by atoms with Gasteiger partial charge in [-0.2, -0.15) is 0 Å². The molecule has 15 heteroatoms. The predicted molar refractivity (Wildman–Crippen MR) is 378 cm³/mol. The number of para-hydroxylation sites is 2. The van der Waals surface area contributed by atoms with Gasteiger partial charge in [0, 0.05) is 83.7 Å². The number of nitrogens with zero attached hydrogens (tertiary/aromatic N) is 8. The minimum Gasteiger partial charge on any atom is -0.457 e. The van der Waals surface area contributed by atoms with Crippen LogP contribution in [-0.4, -0.2) is 42.2 Å². The van der Waals surface area contributed by atoms with E-state index in [4.69, 9.17) is 39.4 Å². The Morgan fingerprint density at radius 3 is 1.47 bits per heavy atom. The second-order valence-corrected chi connectivity index (χ2v) is 24.5. The van der Waals surface area contributed by atoms with Crippen LogP contribution in [0.2, 0.25) is 0 Å². The third-order valence-corrected chi connectivity index (χ3v) is 16.9. The Labute approximate surface area is 548 Å². The van der Waals surface area contributed by atoms with E-state index in [1.54, 1.807) is 73.9 Å². The van der Waals surface area contributed by atoms with Crippen LogP contribution in [0.1, 0.15) is 73.9 Å². The summed E-state index contributed by atoms with van der Waals surface area (Å²) in [5.41, 5.74) is 11.9. The molecule has 94 heavy (non-hydrogen) atoms. The fourth-order valence-corrected chi connectivity index (χ4v) is 11.6. The van der Waals surface area contributed by atoms with Crippen molar-refractivity contribution in [2.75, 3.05) is 53.7 Å². The maximum Gasteiger partial charge on any atom is 0.343 e. The Bertz CT molecular complexity index is 4860. The number of nitriles is 2. The molecule has 0 aliphatic carbocycles. The molecule has 0 bridgehead atoms. The Hall–Kier alpha value is -12.0. The van der Waals surface area contributed by atoms with Crippen molar-refractivity contribution >= 4 is 88.3 Å². The summed E-state index contributed by atoms with van der Waals surface area (Å²) in [5, 5.41) is 20.8. The van der Waals surface area contributed by atoms with E-state index in [0.29, 0.717) is 56.5 Å². The summed E-state index contributed by atoms with van der Waals surface area (Å²) in [4.78, 5) is 41.1. The molecule has 8 aromatic rings. The van der Waals surface area contributed by atoms with Crippen molar-refractivity contribution in [2.45, 2.75) is 51.4 Å². The van der Waals surface area contributed by atoms with Crippen LogP contribution < -0.4 is 30.8 Å². The summed E-state index contributed by atoms with van der Waals surface area (Å²) in [6, 6.07) is 51.6. The smallest absolute Gasteiger partial charge is 0.343 e. The van der Waals surface area contributed by atoms with Crippen LogP contribution in [0.25, 0.3) is 55.9 Å². The molecule has 0 atom stereocenters. The standard InChI is InChI=1S/C41H30N4O3.C38H35BN4O3/c1-43-39(28-42)32-25-37(47-38(26-32)23-18-31-24-30-17-21-36(44(2)3)27-40(30)48-41(31)46)22-16-29-14-19-35(20-15-29)45(33-10-6-4-7-11-33)34-12-8-5-9-13-34;1-37(2)15-17-43-18-16-38(3,4)33-34(43)31(37)22-27-19-25(36(44)46-35(27)33)10-14-30-21-26(32(23-40)41-5)20-29(45-30)13-9-24-7-11-28(12-8-24)42(6)39/h4-27H,2-3H3;7-14,19-22H,15-18H2,1-4,6H3/b22-16+,23-18+,39-32+;13-9+,14-10+,32-26+. The highest BCUT2D eigenvalue weighted by Crippen LogP contribution is 2.52. The molecule has 6 heterocycles. The van der Waals surface area contributed by atoms with Crippen LogP contribution in [-0.2, 0) is 20.3 Å². The van der Waals surface area contributed by atoms with E-state index in [-0.39, 0.29) is 22.2 Å². The normalized spacial score (nSPS) is 16.4. The number of allylic oxidation sites excluding steroid dienone is 12. The van der Waals surface area contributed by atoms with Gasteiger partial charge in [-0.15, -0.1) is 0 Å². The Morgan fingerprint density at radius 2 is 0.989 bits per heavy atom. The average molecular weight is 1230 g/mol. The zero-order chi connectivity index (χ0) is 66.3. The van der Waals surface area contributed by atoms with Crippen molar-refractivity contribution in [3.05, 3.63) is 317 Å². The molecular weight excluding hydrogens is 1170 g/mol. The summed E-state index contributed by atoms with van der Waals surface area (Å²) in [7, 11) is 11.4.